The van der Waals surface area contributed by atoms with E-state index in [1.165, 1.54) is 33.2 Å². The standard InChI is InChI=1S/C19H21N5O2S2/c1-20-16(25)12-27-19-22-24-17(26)14-11-23(9-7-13-5-3-2-4-6-13)10-8-15(14)21-18(24)28-19/h2-6H,7-12H2,1H3,(H,20,25). The molecule has 9 heteroatoms. The zero-order valence-electron chi connectivity index (χ0n) is 15.6. The van der Waals surface area contributed by atoms with Crippen molar-refractivity contribution < 1.29 is 4.79 Å². The second-order valence-corrected chi connectivity index (χ2v) is 8.81. The van der Waals surface area contributed by atoms with E-state index in [4.69, 9.17) is 0 Å². The predicted molar refractivity (Wildman–Crippen MR) is 111 cm³/mol. The van der Waals surface area contributed by atoms with Gasteiger partial charge in [-0.1, -0.05) is 53.4 Å². The maximum absolute atomic E-state index is 13.0. The summed E-state index contributed by atoms with van der Waals surface area (Å²) in [5.74, 6) is 0.204. The van der Waals surface area contributed by atoms with Crippen molar-refractivity contribution in [1.82, 2.24) is 24.8 Å². The van der Waals surface area contributed by atoms with Crippen LogP contribution in [0.25, 0.3) is 4.96 Å². The smallest absolute Gasteiger partial charge is 0.279 e. The molecule has 3 heterocycles. The second kappa shape index (κ2) is 8.42. The molecule has 28 heavy (non-hydrogen) atoms. The largest absolute Gasteiger partial charge is 0.358 e. The van der Waals surface area contributed by atoms with Crippen molar-refractivity contribution in [1.29, 1.82) is 0 Å². The van der Waals surface area contributed by atoms with Crippen LogP contribution in [0.4, 0.5) is 0 Å². The van der Waals surface area contributed by atoms with Gasteiger partial charge in [0.15, 0.2) is 4.34 Å². The Morgan fingerprint density at radius 3 is 2.93 bits per heavy atom. The Balaban J connectivity index is 1.50. The molecule has 0 radical (unpaired) electrons. The van der Waals surface area contributed by atoms with Gasteiger partial charge in [0.25, 0.3) is 5.56 Å². The normalized spacial score (nSPS) is 14.2. The van der Waals surface area contributed by atoms with E-state index in [1.54, 1.807) is 7.05 Å². The quantitative estimate of drug-likeness (QED) is 0.616. The molecule has 0 atom stereocenters. The fourth-order valence-corrected chi connectivity index (χ4v) is 5.03. The monoisotopic (exact) mass is 415 g/mol. The maximum atomic E-state index is 13.0. The number of hydrogen-bond acceptors (Lipinski definition) is 7. The zero-order chi connectivity index (χ0) is 19.5. The van der Waals surface area contributed by atoms with Gasteiger partial charge in [0.05, 0.1) is 17.0 Å². The number of fused-ring (bicyclic) bond motifs is 2. The topological polar surface area (TPSA) is 79.6 Å². The Morgan fingerprint density at radius 1 is 1.32 bits per heavy atom. The van der Waals surface area contributed by atoms with Crippen molar-refractivity contribution in [2.45, 2.75) is 23.7 Å². The molecule has 0 bridgehead atoms. The molecular formula is C19H21N5O2S2. The van der Waals surface area contributed by atoms with Crippen LogP contribution in [0.1, 0.15) is 16.8 Å². The Morgan fingerprint density at radius 2 is 2.14 bits per heavy atom. The lowest BCUT2D eigenvalue weighted by Gasteiger charge is -2.27. The Hall–Kier alpha value is -2.23. The summed E-state index contributed by atoms with van der Waals surface area (Å²) in [7, 11) is 1.60. The third kappa shape index (κ3) is 4.11. The van der Waals surface area contributed by atoms with Crippen LogP contribution in [0.5, 0.6) is 0 Å². The molecule has 4 rings (SSSR count). The van der Waals surface area contributed by atoms with E-state index >= 15 is 0 Å². The van der Waals surface area contributed by atoms with Crippen LogP contribution < -0.4 is 10.9 Å². The number of carbonyl (C=O) groups is 1. The van der Waals surface area contributed by atoms with Crippen LogP contribution in [0.3, 0.4) is 0 Å². The minimum Gasteiger partial charge on any atom is -0.358 e. The van der Waals surface area contributed by atoms with Crippen molar-refractivity contribution in [3.63, 3.8) is 0 Å². The van der Waals surface area contributed by atoms with E-state index in [9.17, 15) is 9.59 Å². The molecule has 0 saturated heterocycles. The first-order chi connectivity index (χ1) is 13.6. The van der Waals surface area contributed by atoms with Gasteiger partial charge < -0.3 is 5.32 Å². The van der Waals surface area contributed by atoms with Crippen molar-refractivity contribution in [3.05, 3.63) is 57.5 Å². The van der Waals surface area contributed by atoms with E-state index in [1.807, 2.05) is 6.07 Å². The molecule has 146 valence electrons. The number of thioether (sulfide) groups is 1. The minimum absolute atomic E-state index is 0.0714. The molecule has 1 amide bonds. The molecular weight excluding hydrogens is 394 g/mol. The van der Waals surface area contributed by atoms with Crippen molar-refractivity contribution in [2.24, 2.45) is 0 Å². The first-order valence-corrected chi connectivity index (χ1v) is 11.0. The number of carbonyl (C=O) groups excluding carboxylic acids is 1. The highest BCUT2D eigenvalue weighted by atomic mass is 32.2. The Bertz CT molecular complexity index is 1050. The van der Waals surface area contributed by atoms with Crippen LogP contribution >= 0.6 is 23.1 Å². The molecule has 1 aliphatic rings. The molecule has 1 N–H and O–H groups in total. The van der Waals surface area contributed by atoms with E-state index in [0.29, 0.717) is 15.8 Å². The number of nitrogens with zero attached hydrogens (tertiary/aromatic N) is 4. The van der Waals surface area contributed by atoms with Gasteiger partial charge in [0.2, 0.25) is 10.9 Å². The number of hydrogen-bond donors (Lipinski definition) is 1. The average Bonchev–Trinajstić information content (AvgIpc) is 3.15. The lowest BCUT2D eigenvalue weighted by Crippen LogP contribution is -2.37. The Labute approximate surface area is 170 Å². The lowest BCUT2D eigenvalue weighted by molar-refractivity contribution is -0.118. The summed E-state index contributed by atoms with van der Waals surface area (Å²) < 4.78 is 2.06. The average molecular weight is 416 g/mol. The van der Waals surface area contributed by atoms with Crippen molar-refractivity contribution >= 4 is 34.0 Å². The maximum Gasteiger partial charge on any atom is 0.279 e. The van der Waals surface area contributed by atoms with Crippen LogP contribution in [-0.4, -0.2) is 51.3 Å². The van der Waals surface area contributed by atoms with Gasteiger partial charge in [-0.15, -0.1) is 5.10 Å². The first-order valence-electron chi connectivity index (χ1n) is 9.15. The second-order valence-electron chi connectivity index (χ2n) is 6.63. The molecule has 0 saturated carbocycles. The fraction of sp³-hybridized carbons (Fsp3) is 0.368. The lowest BCUT2D eigenvalue weighted by atomic mass is 10.1. The van der Waals surface area contributed by atoms with Crippen LogP contribution in [0, 0.1) is 0 Å². The number of amides is 1. The number of rotatable bonds is 6. The minimum atomic E-state index is -0.0903. The summed E-state index contributed by atoms with van der Waals surface area (Å²) in [4.78, 5) is 32.0. The summed E-state index contributed by atoms with van der Waals surface area (Å²) >= 11 is 2.68. The third-order valence-corrected chi connectivity index (χ3v) is 6.82. The highest BCUT2D eigenvalue weighted by Crippen LogP contribution is 2.24. The number of nitrogens with one attached hydrogen (secondary N) is 1. The Kier molecular flexibility index (Phi) is 5.74. The van der Waals surface area contributed by atoms with Crippen molar-refractivity contribution in [2.75, 3.05) is 25.9 Å². The number of benzene rings is 1. The van der Waals surface area contributed by atoms with Crippen LogP contribution in [0.15, 0.2) is 39.5 Å². The van der Waals surface area contributed by atoms with Gasteiger partial charge in [-0.2, -0.15) is 4.52 Å². The zero-order valence-corrected chi connectivity index (χ0v) is 17.2. The summed E-state index contributed by atoms with van der Waals surface area (Å²) in [6, 6.07) is 10.4. The SMILES string of the molecule is CNC(=O)CSc1nn2c(=O)c3c(nc2s1)CCN(CCc1ccccc1)C3. The third-order valence-electron chi connectivity index (χ3n) is 4.78. The molecule has 7 nitrogen and oxygen atoms in total. The van der Waals surface area contributed by atoms with E-state index < -0.39 is 0 Å². The molecule has 3 aromatic rings. The molecule has 0 unspecified atom stereocenters. The van der Waals surface area contributed by atoms with Gasteiger partial charge in [-0.3, -0.25) is 14.5 Å². The van der Waals surface area contributed by atoms with E-state index in [2.05, 4.69) is 44.6 Å². The summed E-state index contributed by atoms with van der Waals surface area (Å²) in [5, 5.41) is 6.95. The van der Waals surface area contributed by atoms with Gasteiger partial charge >= 0.3 is 0 Å². The molecule has 1 aromatic carbocycles. The van der Waals surface area contributed by atoms with E-state index in [-0.39, 0.29) is 17.2 Å². The first kappa shape index (κ1) is 19.1. The summed E-state index contributed by atoms with van der Waals surface area (Å²) in [5.41, 5.74) is 2.83. The van der Waals surface area contributed by atoms with E-state index in [0.717, 1.165) is 37.2 Å². The molecule has 0 fully saturated rings. The molecule has 0 aliphatic carbocycles. The fourth-order valence-electron chi connectivity index (χ4n) is 3.22. The van der Waals surface area contributed by atoms with Crippen molar-refractivity contribution in [3.8, 4) is 0 Å². The highest BCUT2D eigenvalue weighted by Gasteiger charge is 2.23. The van der Waals surface area contributed by atoms with Gasteiger partial charge in [0.1, 0.15) is 0 Å². The predicted octanol–water partition coefficient (Wildman–Crippen LogP) is 1.59. The molecule has 1 aliphatic heterocycles. The summed E-state index contributed by atoms with van der Waals surface area (Å²) in [6.45, 7) is 2.42. The van der Waals surface area contributed by atoms with Crippen LogP contribution in [-0.2, 0) is 24.2 Å². The van der Waals surface area contributed by atoms with Gasteiger partial charge in [-0.05, 0) is 12.0 Å². The van der Waals surface area contributed by atoms with Gasteiger partial charge in [-0.25, -0.2) is 4.98 Å². The molecule has 2 aromatic heterocycles. The summed E-state index contributed by atoms with van der Waals surface area (Å²) in [6.07, 6.45) is 1.73. The van der Waals surface area contributed by atoms with Crippen LogP contribution in [0.2, 0.25) is 0 Å². The molecule has 0 spiro atoms. The highest BCUT2D eigenvalue weighted by molar-refractivity contribution is 8.01. The van der Waals surface area contributed by atoms with Gasteiger partial charge in [0, 0.05) is 33.1 Å². The number of aromatic nitrogens is 3.